The number of hydrogen-bond acceptors (Lipinski definition) is 21. The van der Waals surface area contributed by atoms with E-state index < -0.39 is 128 Å². The first-order valence-electron chi connectivity index (χ1n) is 29.0. The summed E-state index contributed by atoms with van der Waals surface area (Å²) in [5.41, 5.74) is 2.61. The molecule has 3 heterocycles. The summed E-state index contributed by atoms with van der Waals surface area (Å²) >= 11 is 0. The van der Waals surface area contributed by atoms with Gasteiger partial charge in [0, 0.05) is 6.92 Å². The maximum absolute atomic E-state index is 14.6. The number of rotatable bonds is 24. The number of aliphatic hydroxyl groups is 1. The van der Waals surface area contributed by atoms with Gasteiger partial charge in [0.1, 0.15) is 30.5 Å². The molecule has 0 saturated carbocycles. The minimum atomic E-state index is -2.26. The lowest BCUT2D eigenvalue weighted by atomic mass is 9.95. The van der Waals surface area contributed by atoms with Gasteiger partial charge in [0.2, 0.25) is 0 Å². The molecule has 14 atom stereocenters. The fourth-order valence-corrected chi connectivity index (χ4v) is 10.4. The third-order valence-electron chi connectivity index (χ3n) is 14.8. The van der Waals surface area contributed by atoms with Gasteiger partial charge in [-0.05, 0) is 65.2 Å². The fourth-order valence-electron chi connectivity index (χ4n) is 10.4. The third kappa shape index (κ3) is 16.6. The molecule has 3 saturated heterocycles. The molecule has 0 amide bonds. The van der Waals surface area contributed by atoms with Crippen molar-refractivity contribution in [2.75, 3.05) is 20.3 Å². The lowest BCUT2D eigenvalue weighted by molar-refractivity contribution is -0.382. The van der Waals surface area contributed by atoms with E-state index >= 15 is 0 Å². The number of benzene rings is 7. The van der Waals surface area contributed by atoms with Gasteiger partial charge in [-0.25, -0.2) is 24.0 Å². The van der Waals surface area contributed by atoms with Gasteiger partial charge in [-0.15, -0.1) is 0 Å². The number of hydrogen-bond donors (Lipinski definition) is 1. The van der Waals surface area contributed by atoms with Gasteiger partial charge in [-0.3, -0.25) is 4.79 Å². The van der Waals surface area contributed by atoms with Crippen molar-refractivity contribution >= 4 is 35.8 Å². The molecule has 468 valence electrons. The van der Waals surface area contributed by atoms with Crippen molar-refractivity contribution < 1.29 is 100 Å². The molecule has 21 heteroatoms. The summed E-state index contributed by atoms with van der Waals surface area (Å²) in [5.74, 6) is -5.82. The Kier molecular flexibility index (Phi) is 22.4. The minimum absolute atomic E-state index is 0.00949. The van der Waals surface area contributed by atoms with Gasteiger partial charge < -0.3 is 71.4 Å². The first kappa shape index (κ1) is 64.0. The highest BCUT2D eigenvalue weighted by atomic mass is 16.8. The zero-order valence-electron chi connectivity index (χ0n) is 48.9. The van der Waals surface area contributed by atoms with Gasteiger partial charge >= 0.3 is 35.8 Å². The summed E-state index contributed by atoms with van der Waals surface area (Å²) < 4.78 is 88.9. The molecule has 0 bridgehead atoms. The van der Waals surface area contributed by atoms with Crippen molar-refractivity contribution in [3.8, 4) is 0 Å². The van der Waals surface area contributed by atoms with E-state index in [1.807, 2.05) is 91.0 Å². The van der Waals surface area contributed by atoms with Crippen LogP contribution in [0.4, 0.5) is 0 Å². The van der Waals surface area contributed by atoms with Crippen LogP contribution < -0.4 is 0 Å². The molecule has 3 fully saturated rings. The standard InChI is InChI=1S/C69H66O21/c1-43(70)82-56-57(89-68-60(87-64(73)49-34-20-8-21-35-49)54(85-63(72)48-32-18-7-19-33-48)52(42-81-68)83-62(71)47-30-16-6-17-31-47)59(67(76)86-58(56)66(75)77-2)90-69-61(88-65(74)50-36-22-9-23-37-50)55(80-40-46-28-14-5-15-29-46)53(79-39-45-26-12-4-13-27-45)51(84-69)41-78-38-44-24-10-3-11-25-44/h3-37,51-61,67-69,76H,38-42H2,1-2H3/t51-,52-,53+,54+,55+,56+,57+,58+,59-,60-,61-,67?,68+,69+/m1/s1. The van der Waals surface area contributed by atoms with E-state index in [2.05, 4.69) is 0 Å². The number of esters is 6. The molecule has 0 aliphatic carbocycles. The van der Waals surface area contributed by atoms with E-state index in [4.69, 9.17) is 66.3 Å². The zero-order valence-corrected chi connectivity index (χ0v) is 48.9. The van der Waals surface area contributed by atoms with Crippen LogP contribution in [0.1, 0.15) is 65.0 Å². The molecule has 1 N–H and O–H groups in total. The predicted molar refractivity (Wildman–Crippen MR) is 315 cm³/mol. The number of carbonyl (C=O) groups is 6. The Morgan fingerprint density at radius 3 is 1.28 bits per heavy atom. The van der Waals surface area contributed by atoms with Crippen molar-refractivity contribution in [2.45, 2.75) is 113 Å². The molecule has 7 aromatic carbocycles. The van der Waals surface area contributed by atoms with Crippen molar-refractivity contribution in [1.82, 2.24) is 0 Å². The quantitative estimate of drug-likeness (QED) is 0.0445. The first-order valence-corrected chi connectivity index (χ1v) is 29.0. The summed E-state index contributed by atoms with van der Waals surface area (Å²) in [7, 11) is 1.03. The SMILES string of the molecule is COC(=O)[C@H]1OC(O)[C@H](O[C@@H]2O[C@H](COCc3ccccc3)[C@H](OCc3ccccc3)[C@H](OCc3ccccc3)[C@H]2OC(=O)c2ccccc2)[C@@H](O[C@@H]2OC[C@@H](OC(=O)c3ccccc3)[C@H](OC(=O)c3ccccc3)[C@H]2OC(=O)c2ccccc2)[C@@H]1OC(C)=O. The number of ether oxygens (including phenoxy) is 14. The van der Waals surface area contributed by atoms with E-state index in [9.17, 15) is 33.9 Å². The van der Waals surface area contributed by atoms with Crippen LogP contribution in [0, 0.1) is 0 Å². The first-order chi connectivity index (χ1) is 43.9. The Bertz CT molecular complexity index is 3420. The van der Waals surface area contributed by atoms with Crippen LogP contribution in [-0.4, -0.2) is 147 Å². The summed E-state index contributed by atoms with van der Waals surface area (Å²) in [6.07, 6.45) is -24.4. The van der Waals surface area contributed by atoms with Gasteiger partial charge in [-0.2, -0.15) is 0 Å². The summed E-state index contributed by atoms with van der Waals surface area (Å²) in [6.45, 7) is 0.254. The Balaban J connectivity index is 1.08. The monoisotopic (exact) mass is 1230 g/mol. The Morgan fingerprint density at radius 2 is 0.822 bits per heavy atom. The second-order valence-electron chi connectivity index (χ2n) is 21.0. The summed E-state index contributed by atoms with van der Waals surface area (Å²) in [4.78, 5) is 84.5. The van der Waals surface area contributed by atoms with Gasteiger partial charge in [0.25, 0.3) is 0 Å². The molecule has 3 aliphatic rings. The Hall–Kier alpha value is -9.00. The van der Waals surface area contributed by atoms with Crippen LogP contribution in [-0.2, 0) is 95.7 Å². The summed E-state index contributed by atoms with van der Waals surface area (Å²) in [5, 5.41) is 12.5. The Morgan fingerprint density at radius 1 is 0.422 bits per heavy atom. The third-order valence-corrected chi connectivity index (χ3v) is 14.8. The highest BCUT2D eigenvalue weighted by Gasteiger charge is 2.59. The average Bonchev–Trinajstić information content (AvgIpc) is 0.889. The normalized spacial score (nSPS) is 25.5. The fraction of sp³-hybridized carbons (Fsp3) is 0.304. The van der Waals surface area contributed by atoms with E-state index in [0.29, 0.717) is 0 Å². The second-order valence-corrected chi connectivity index (χ2v) is 21.0. The number of carbonyl (C=O) groups excluding carboxylic acids is 6. The van der Waals surface area contributed by atoms with E-state index in [-0.39, 0.29) is 48.7 Å². The molecule has 1 unspecified atom stereocenters. The van der Waals surface area contributed by atoms with Gasteiger partial charge in [0.15, 0.2) is 55.5 Å². The second kappa shape index (κ2) is 31.4. The lowest BCUT2D eigenvalue weighted by Gasteiger charge is -2.49. The van der Waals surface area contributed by atoms with Crippen molar-refractivity contribution in [2.24, 2.45) is 0 Å². The van der Waals surface area contributed by atoms with Crippen molar-refractivity contribution in [3.05, 3.63) is 251 Å². The zero-order chi connectivity index (χ0) is 62.8. The van der Waals surface area contributed by atoms with Gasteiger partial charge in [-0.1, -0.05) is 164 Å². The van der Waals surface area contributed by atoms with Crippen molar-refractivity contribution in [3.63, 3.8) is 0 Å². The van der Waals surface area contributed by atoms with Gasteiger partial charge in [0.05, 0.1) is 62.4 Å². The molecule has 7 aromatic rings. The van der Waals surface area contributed by atoms with Crippen LogP contribution in [0.5, 0.6) is 0 Å². The van der Waals surface area contributed by atoms with Crippen LogP contribution in [0.3, 0.4) is 0 Å². The molecule has 0 spiro atoms. The highest BCUT2D eigenvalue weighted by molar-refractivity contribution is 5.91. The average molecular weight is 1230 g/mol. The lowest BCUT2D eigenvalue weighted by Crippen LogP contribution is -2.68. The minimum Gasteiger partial charge on any atom is -0.467 e. The van der Waals surface area contributed by atoms with Crippen LogP contribution in [0.2, 0.25) is 0 Å². The molecule has 90 heavy (non-hydrogen) atoms. The van der Waals surface area contributed by atoms with E-state index in [1.54, 1.807) is 72.8 Å². The molecule has 0 aromatic heterocycles. The Labute approximate surface area is 518 Å². The highest BCUT2D eigenvalue weighted by Crippen LogP contribution is 2.38. The topological polar surface area (TPSA) is 252 Å². The maximum atomic E-state index is 14.6. The molecule has 3 aliphatic heterocycles. The van der Waals surface area contributed by atoms with E-state index in [1.165, 1.54) is 48.5 Å². The molecular weight excluding hydrogens is 1160 g/mol. The molecule has 10 rings (SSSR count). The number of aliphatic hydroxyl groups excluding tert-OH is 1. The summed E-state index contributed by atoms with van der Waals surface area (Å²) in [6, 6.07) is 59.3. The van der Waals surface area contributed by atoms with Crippen LogP contribution >= 0.6 is 0 Å². The maximum Gasteiger partial charge on any atom is 0.339 e. The van der Waals surface area contributed by atoms with E-state index in [0.717, 1.165) is 30.7 Å². The molecular formula is C69H66O21. The number of methoxy groups -OCH3 is 1. The van der Waals surface area contributed by atoms with Crippen LogP contribution in [0.15, 0.2) is 212 Å². The van der Waals surface area contributed by atoms with Crippen LogP contribution in [0.25, 0.3) is 0 Å². The molecule has 21 nitrogen and oxygen atoms in total. The predicted octanol–water partition coefficient (Wildman–Crippen LogP) is 7.95. The smallest absolute Gasteiger partial charge is 0.339 e. The molecule has 0 radical (unpaired) electrons. The van der Waals surface area contributed by atoms with Crippen molar-refractivity contribution in [1.29, 1.82) is 0 Å². The largest absolute Gasteiger partial charge is 0.467 e.